The molecule has 4 nitrogen and oxygen atoms in total. The summed E-state index contributed by atoms with van der Waals surface area (Å²) in [5, 5.41) is 0.239. The minimum atomic E-state index is -1.71. The molecule has 0 spiro atoms. The van der Waals surface area contributed by atoms with Crippen LogP contribution in [0.5, 0.6) is 0 Å². The van der Waals surface area contributed by atoms with Crippen molar-refractivity contribution in [2.45, 2.75) is 89.9 Å². The minimum Gasteiger partial charge on any atom is -0.444 e. The largest absolute Gasteiger partial charge is 0.444 e. The maximum absolute atomic E-state index is 12.5. The van der Waals surface area contributed by atoms with Crippen molar-refractivity contribution in [3.8, 4) is 0 Å². The number of nitrogens with zero attached hydrogens (tertiary/aromatic N) is 1. The molecule has 0 aromatic heterocycles. The summed E-state index contributed by atoms with van der Waals surface area (Å²) >= 11 is 1.90. The number of rotatable bonds is 5. The summed E-state index contributed by atoms with van der Waals surface area (Å²) < 4.78 is 12.0. The van der Waals surface area contributed by atoms with Gasteiger partial charge in [-0.2, -0.15) is 0 Å². The average molecular weight is 452 g/mol. The van der Waals surface area contributed by atoms with Gasteiger partial charge in [-0.3, -0.25) is 0 Å². The minimum absolute atomic E-state index is 0.205. The third-order valence-corrected chi connectivity index (χ3v) is 11.9. The second-order valence-corrected chi connectivity index (χ2v) is 16.7. The number of fused-ring (bicyclic) bond motifs is 1. The predicted molar refractivity (Wildman–Crippen MR) is 130 cm³/mol. The van der Waals surface area contributed by atoms with Crippen molar-refractivity contribution in [2.75, 3.05) is 25.4 Å². The summed E-state index contributed by atoms with van der Waals surface area (Å²) in [4.78, 5) is 15.8. The molecule has 1 amide bonds. The number of hydrogen-bond acceptors (Lipinski definition) is 4. The summed E-state index contributed by atoms with van der Waals surface area (Å²) in [7, 11) is -1.71. The molecule has 0 atom stereocenters. The number of ether oxygens (including phenoxy) is 1. The van der Waals surface area contributed by atoms with E-state index >= 15 is 0 Å². The molecule has 1 aromatic rings. The lowest BCUT2D eigenvalue weighted by Gasteiger charge is -2.36. The normalized spacial score (nSPS) is 15.6. The number of benzene rings is 1. The van der Waals surface area contributed by atoms with Gasteiger partial charge in [-0.05, 0) is 75.4 Å². The van der Waals surface area contributed by atoms with Crippen LogP contribution in [-0.2, 0) is 22.0 Å². The lowest BCUT2D eigenvalue weighted by atomic mass is 10.0. The van der Waals surface area contributed by atoms with E-state index in [0.29, 0.717) is 13.1 Å². The van der Waals surface area contributed by atoms with E-state index in [-0.39, 0.29) is 11.1 Å². The molecule has 0 fully saturated rings. The zero-order valence-corrected chi connectivity index (χ0v) is 22.3. The standard InChI is InChI=1S/C24H41NO3SSi/c1-18-10-11-19-12-14-25(22(26)28-23(2,3)4)15-13-20(19)21(18)29-17-16-27-30(8,9)24(5,6)7/h10-11H,12-17H2,1-9H3. The first-order chi connectivity index (χ1) is 13.7. The Morgan fingerprint density at radius 2 is 1.73 bits per heavy atom. The summed E-state index contributed by atoms with van der Waals surface area (Å²) in [6, 6.07) is 4.46. The van der Waals surface area contributed by atoms with E-state index in [1.54, 1.807) is 0 Å². The monoisotopic (exact) mass is 451 g/mol. The first kappa shape index (κ1) is 25.3. The van der Waals surface area contributed by atoms with E-state index in [9.17, 15) is 4.79 Å². The van der Waals surface area contributed by atoms with Gasteiger partial charge in [-0.15, -0.1) is 11.8 Å². The molecule has 0 aliphatic carbocycles. The molecule has 0 radical (unpaired) electrons. The van der Waals surface area contributed by atoms with Crippen LogP contribution >= 0.6 is 11.8 Å². The molecule has 2 rings (SSSR count). The first-order valence-electron chi connectivity index (χ1n) is 11.1. The molecule has 0 N–H and O–H groups in total. The molecule has 0 saturated carbocycles. The number of amides is 1. The maximum atomic E-state index is 12.5. The van der Waals surface area contributed by atoms with E-state index in [2.05, 4.69) is 52.9 Å². The molecule has 30 heavy (non-hydrogen) atoms. The van der Waals surface area contributed by atoms with Gasteiger partial charge in [-0.25, -0.2) is 4.79 Å². The van der Waals surface area contributed by atoms with E-state index < -0.39 is 13.9 Å². The Bertz CT molecular complexity index is 750. The van der Waals surface area contributed by atoms with Gasteiger partial charge in [0.1, 0.15) is 5.60 Å². The number of thioether (sulfide) groups is 1. The van der Waals surface area contributed by atoms with Gasteiger partial charge >= 0.3 is 6.09 Å². The molecule has 6 heteroatoms. The number of carbonyl (C=O) groups excluding carboxylic acids is 1. The molecular formula is C24H41NO3SSi. The highest BCUT2D eigenvalue weighted by atomic mass is 32.2. The second kappa shape index (κ2) is 9.66. The van der Waals surface area contributed by atoms with Crippen molar-refractivity contribution in [3.63, 3.8) is 0 Å². The number of carbonyl (C=O) groups is 1. The fourth-order valence-electron chi connectivity index (χ4n) is 3.28. The maximum Gasteiger partial charge on any atom is 0.410 e. The molecular weight excluding hydrogens is 410 g/mol. The lowest BCUT2D eigenvalue weighted by Crippen LogP contribution is -2.41. The smallest absolute Gasteiger partial charge is 0.410 e. The van der Waals surface area contributed by atoms with Crippen LogP contribution in [0.2, 0.25) is 18.1 Å². The summed E-state index contributed by atoms with van der Waals surface area (Å²) in [5.74, 6) is 0.958. The van der Waals surface area contributed by atoms with Crippen molar-refractivity contribution < 1.29 is 14.0 Å². The van der Waals surface area contributed by atoms with Gasteiger partial charge in [0.25, 0.3) is 0 Å². The molecule has 0 saturated heterocycles. The highest BCUT2D eigenvalue weighted by Crippen LogP contribution is 2.37. The van der Waals surface area contributed by atoms with Crippen molar-refractivity contribution >= 4 is 26.2 Å². The Morgan fingerprint density at radius 3 is 2.33 bits per heavy atom. The van der Waals surface area contributed by atoms with Crippen LogP contribution in [0.1, 0.15) is 58.2 Å². The number of aryl methyl sites for hydroxylation is 1. The highest BCUT2D eigenvalue weighted by molar-refractivity contribution is 7.99. The summed E-state index contributed by atoms with van der Waals surface area (Å²) in [5.41, 5.74) is 3.62. The Balaban J connectivity index is 2.04. The summed E-state index contributed by atoms with van der Waals surface area (Å²) in [6.07, 6.45) is 1.55. The quantitative estimate of drug-likeness (QED) is 0.293. The topological polar surface area (TPSA) is 38.8 Å². The fourth-order valence-corrected chi connectivity index (χ4v) is 5.54. The van der Waals surface area contributed by atoms with Crippen LogP contribution in [0, 0.1) is 6.92 Å². The zero-order valence-electron chi connectivity index (χ0n) is 20.5. The van der Waals surface area contributed by atoms with Crippen molar-refractivity contribution in [1.82, 2.24) is 4.90 Å². The SMILES string of the molecule is Cc1ccc2c(c1SCCO[Si](C)(C)C(C)(C)C)CCN(C(=O)OC(C)(C)C)CC2. The lowest BCUT2D eigenvalue weighted by molar-refractivity contribution is 0.0258. The Morgan fingerprint density at radius 1 is 1.10 bits per heavy atom. The van der Waals surface area contributed by atoms with Crippen LogP contribution in [0.25, 0.3) is 0 Å². The third-order valence-electron chi connectivity index (χ3n) is 6.09. The van der Waals surface area contributed by atoms with Gasteiger partial charge in [0.05, 0.1) is 0 Å². The van der Waals surface area contributed by atoms with Gasteiger partial charge in [0.15, 0.2) is 8.32 Å². The predicted octanol–water partition coefficient (Wildman–Crippen LogP) is 6.44. The second-order valence-electron chi connectivity index (χ2n) is 10.8. The first-order valence-corrected chi connectivity index (χ1v) is 15.0. The Hall–Kier alpha value is -0.983. The van der Waals surface area contributed by atoms with E-state index in [1.807, 2.05) is 37.4 Å². The van der Waals surface area contributed by atoms with Gasteiger partial charge in [0.2, 0.25) is 0 Å². The highest BCUT2D eigenvalue weighted by Gasteiger charge is 2.36. The Kier molecular flexibility index (Phi) is 8.14. The molecule has 1 aliphatic rings. The molecule has 0 bridgehead atoms. The van der Waals surface area contributed by atoms with Gasteiger partial charge in [-0.1, -0.05) is 32.9 Å². The van der Waals surface area contributed by atoms with Crippen molar-refractivity contribution in [1.29, 1.82) is 0 Å². The molecule has 1 heterocycles. The van der Waals surface area contributed by atoms with Crippen LogP contribution in [-0.4, -0.2) is 50.4 Å². The third kappa shape index (κ3) is 6.76. The molecule has 170 valence electrons. The molecule has 1 aromatic carbocycles. The van der Waals surface area contributed by atoms with Crippen LogP contribution in [0.4, 0.5) is 4.79 Å². The van der Waals surface area contributed by atoms with Gasteiger partial charge < -0.3 is 14.1 Å². The molecule has 1 aliphatic heterocycles. The zero-order chi connectivity index (χ0) is 22.7. The molecule has 0 unspecified atom stereocenters. The van der Waals surface area contributed by atoms with Crippen LogP contribution < -0.4 is 0 Å². The van der Waals surface area contributed by atoms with E-state index in [4.69, 9.17) is 9.16 Å². The van der Waals surface area contributed by atoms with Crippen molar-refractivity contribution in [3.05, 3.63) is 28.8 Å². The average Bonchev–Trinajstić information content (AvgIpc) is 2.80. The number of hydrogen-bond donors (Lipinski definition) is 0. The Labute approximate surface area is 189 Å². The van der Waals surface area contributed by atoms with Crippen LogP contribution in [0.15, 0.2) is 17.0 Å². The van der Waals surface area contributed by atoms with E-state index in [0.717, 1.165) is 25.2 Å². The van der Waals surface area contributed by atoms with Gasteiger partial charge in [0, 0.05) is 30.3 Å². The van der Waals surface area contributed by atoms with Crippen LogP contribution in [0.3, 0.4) is 0 Å². The summed E-state index contributed by atoms with van der Waals surface area (Å²) in [6.45, 7) is 21.6. The fraction of sp³-hybridized carbons (Fsp3) is 0.708. The van der Waals surface area contributed by atoms with E-state index in [1.165, 1.54) is 21.6 Å². The van der Waals surface area contributed by atoms with Crippen molar-refractivity contribution in [2.24, 2.45) is 0 Å².